The Balaban J connectivity index is 3.27. The molecule has 1 unspecified atom stereocenters. The maximum absolute atomic E-state index is 13.2. The number of benzene rings is 1. The highest BCUT2D eigenvalue weighted by atomic mass is 19.2. The summed E-state index contributed by atoms with van der Waals surface area (Å²) in [6.07, 6.45) is 0. The molecule has 0 bridgehead atoms. The van der Waals surface area contributed by atoms with Crippen molar-refractivity contribution in [2.45, 2.75) is 13.0 Å². The molecule has 2 N–H and O–H groups in total. The van der Waals surface area contributed by atoms with Crippen molar-refractivity contribution >= 4 is 5.78 Å². The normalized spacial score (nSPS) is 12.3. The van der Waals surface area contributed by atoms with Crippen molar-refractivity contribution in [1.29, 1.82) is 0 Å². The Kier molecular flexibility index (Phi) is 3.36. The molecule has 0 saturated carbocycles. The summed E-state index contributed by atoms with van der Waals surface area (Å²) < 4.78 is 30.9. The molecule has 0 spiro atoms. The van der Waals surface area contributed by atoms with E-state index in [0.29, 0.717) is 0 Å². The van der Waals surface area contributed by atoms with Crippen LogP contribution in [0.4, 0.5) is 8.78 Å². The van der Waals surface area contributed by atoms with E-state index >= 15 is 0 Å². The first-order chi connectivity index (χ1) is 6.97. The molecule has 1 rings (SSSR count). The van der Waals surface area contributed by atoms with Gasteiger partial charge in [0.2, 0.25) is 0 Å². The number of hydrogen-bond acceptors (Lipinski definition) is 3. The lowest BCUT2D eigenvalue weighted by Crippen LogP contribution is -2.27. The van der Waals surface area contributed by atoms with E-state index in [1.165, 1.54) is 14.0 Å². The molecule has 0 radical (unpaired) electrons. The number of Topliss-reactive ketones (excluding diaryl/α,β-unsaturated/α-hetero) is 1. The summed E-state index contributed by atoms with van der Waals surface area (Å²) in [5, 5.41) is 0. The van der Waals surface area contributed by atoms with Gasteiger partial charge in [0.1, 0.15) is 5.75 Å². The van der Waals surface area contributed by atoms with E-state index in [0.717, 1.165) is 12.1 Å². The second kappa shape index (κ2) is 4.35. The summed E-state index contributed by atoms with van der Waals surface area (Å²) in [6.45, 7) is 1.40. The predicted molar refractivity (Wildman–Crippen MR) is 50.9 cm³/mol. The first kappa shape index (κ1) is 11.6. The number of ketones is 1. The molecule has 0 aliphatic rings. The SMILES string of the molecule is COc1cc(F)c(F)c(C(=O)C(C)N)c1. The number of nitrogens with two attached hydrogens (primary N) is 1. The highest BCUT2D eigenvalue weighted by Gasteiger charge is 2.20. The maximum atomic E-state index is 13.2. The fraction of sp³-hybridized carbons (Fsp3) is 0.300. The monoisotopic (exact) mass is 215 g/mol. The lowest BCUT2D eigenvalue weighted by Gasteiger charge is -2.08. The van der Waals surface area contributed by atoms with E-state index in [-0.39, 0.29) is 11.3 Å². The van der Waals surface area contributed by atoms with Crippen LogP contribution < -0.4 is 10.5 Å². The largest absolute Gasteiger partial charge is 0.497 e. The third-order valence-electron chi connectivity index (χ3n) is 1.92. The van der Waals surface area contributed by atoms with Gasteiger partial charge < -0.3 is 10.5 Å². The van der Waals surface area contributed by atoms with Gasteiger partial charge in [-0.3, -0.25) is 4.79 Å². The van der Waals surface area contributed by atoms with Crippen LogP contribution >= 0.6 is 0 Å². The Labute approximate surface area is 85.8 Å². The van der Waals surface area contributed by atoms with Crippen LogP contribution in [0.5, 0.6) is 5.75 Å². The van der Waals surface area contributed by atoms with Crippen LogP contribution in [0.3, 0.4) is 0 Å². The van der Waals surface area contributed by atoms with E-state index in [4.69, 9.17) is 10.5 Å². The highest BCUT2D eigenvalue weighted by Crippen LogP contribution is 2.21. The molecule has 15 heavy (non-hydrogen) atoms. The number of rotatable bonds is 3. The molecule has 0 amide bonds. The van der Waals surface area contributed by atoms with Gasteiger partial charge >= 0.3 is 0 Å². The molecule has 0 fully saturated rings. The first-order valence-corrected chi connectivity index (χ1v) is 4.30. The van der Waals surface area contributed by atoms with Crippen LogP contribution in [0.2, 0.25) is 0 Å². The van der Waals surface area contributed by atoms with Gasteiger partial charge in [-0.05, 0) is 13.0 Å². The molecular weight excluding hydrogens is 204 g/mol. The van der Waals surface area contributed by atoms with Crippen molar-refractivity contribution in [3.63, 3.8) is 0 Å². The van der Waals surface area contributed by atoms with Crippen molar-refractivity contribution < 1.29 is 18.3 Å². The van der Waals surface area contributed by atoms with Gasteiger partial charge in [0.05, 0.1) is 18.7 Å². The van der Waals surface area contributed by atoms with Gasteiger partial charge in [-0.1, -0.05) is 0 Å². The van der Waals surface area contributed by atoms with E-state index in [9.17, 15) is 13.6 Å². The number of ether oxygens (including phenoxy) is 1. The lowest BCUT2D eigenvalue weighted by molar-refractivity contribution is 0.0962. The van der Waals surface area contributed by atoms with E-state index in [1.54, 1.807) is 0 Å². The molecule has 5 heteroatoms. The van der Waals surface area contributed by atoms with Crippen molar-refractivity contribution in [1.82, 2.24) is 0 Å². The first-order valence-electron chi connectivity index (χ1n) is 4.30. The summed E-state index contributed by atoms with van der Waals surface area (Å²) in [6, 6.07) is 1.11. The number of methoxy groups -OCH3 is 1. The molecule has 0 heterocycles. The van der Waals surface area contributed by atoms with Crippen LogP contribution in [-0.2, 0) is 0 Å². The summed E-state index contributed by atoms with van der Waals surface area (Å²) in [7, 11) is 1.30. The van der Waals surface area contributed by atoms with Crippen molar-refractivity contribution in [2.75, 3.05) is 7.11 Å². The summed E-state index contributed by atoms with van der Waals surface area (Å²) >= 11 is 0. The zero-order valence-corrected chi connectivity index (χ0v) is 8.38. The van der Waals surface area contributed by atoms with E-state index < -0.39 is 23.5 Å². The summed E-state index contributed by atoms with van der Waals surface area (Å²) in [5.74, 6) is -2.90. The third-order valence-corrected chi connectivity index (χ3v) is 1.92. The van der Waals surface area contributed by atoms with Gasteiger partial charge in [0, 0.05) is 6.07 Å². The van der Waals surface area contributed by atoms with Crippen molar-refractivity contribution in [2.24, 2.45) is 5.73 Å². The molecule has 1 aromatic rings. The van der Waals surface area contributed by atoms with E-state index in [2.05, 4.69) is 0 Å². The fourth-order valence-corrected chi connectivity index (χ4v) is 1.11. The van der Waals surface area contributed by atoms with Gasteiger partial charge in [-0.25, -0.2) is 8.78 Å². The van der Waals surface area contributed by atoms with Crippen molar-refractivity contribution in [3.8, 4) is 5.75 Å². The molecule has 82 valence electrons. The number of hydrogen-bond donors (Lipinski definition) is 1. The Morgan fingerprint density at radius 3 is 2.53 bits per heavy atom. The second-order valence-electron chi connectivity index (χ2n) is 3.12. The molecule has 0 aliphatic carbocycles. The van der Waals surface area contributed by atoms with Crippen LogP contribution in [0.15, 0.2) is 12.1 Å². The zero-order chi connectivity index (χ0) is 11.6. The Hall–Kier alpha value is -1.49. The minimum Gasteiger partial charge on any atom is -0.497 e. The number of carbonyl (C=O) groups is 1. The fourth-order valence-electron chi connectivity index (χ4n) is 1.11. The topological polar surface area (TPSA) is 52.3 Å². The average molecular weight is 215 g/mol. The number of carbonyl (C=O) groups excluding carboxylic acids is 1. The van der Waals surface area contributed by atoms with Crippen LogP contribution in [0, 0.1) is 11.6 Å². The Morgan fingerprint density at radius 2 is 2.07 bits per heavy atom. The quantitative estimate of drug-likeness (QED) is 0.777. The van der Waals surface area contributed by atoms with Gasteiger partial charge in [0.15, 0.2) is 17.4 Å². The predicted octanol–water partition coefficient (Wildman–Crippen LogP) is 1.50. The van der Waals surface area contributed by atoms with Crippen molar-refractivity contribution in [3.05, 3.63) is 29.3 Å². The molecule has 0 aliphatic heterocycles. The van der Waals surface area contributed by atoms with E-state index in [1.807, 2.05) is 0 Å². The van der Waals surface area contributed by atoms with Gasteiger partial charge in [-0.15, -0.1) is 0 Å². The van der Waals surface area contributed by atoms with Crippen LogP contribution in [0.25, 0.3) is 0 Å². The maximum Gasteiger partial charge on any atom is 0.182 e. The zero-order valence-electron chi connectivity index (χ0n) is 8.38. The molecule has 1 aromatic carbocycles. The standard InChI is InChI=1S/C10H11F2NO2/c1-5(13)10(14)7-3-6(15-2)4-8(11)9(7)12/h3-5H,13H2,1-2H3. The van der Waals surface area contributed by atoms with Crippen LogP contribution in [0.1, 0.15) is 17.3 Å². The Morgan fingerprint density at radius 1 is 1.47 bits per heavy atom. The smallest absolute Gasteiger partial charge is 0.182 e. The average Bonchev–Trinajstić information content (AvgIpc) is 2.20. The molecule has 3 nitrogen and oxygen atoms in total. The third kappa shape index (κ3) is 2.30. The van der Waals surface area contributed by atoms with Crippen LogP contribution in [-0.4, -0.2) is 18.9 Å². The minimum atomic E-state index is -1.20. The Bertz CT molecular complexity index is 391. The molecular formula is C10H11F2NO2. The molecule has 1 atom stereocenters. The second-order valence-corrected chi connectivity index (χ2v) is 3.12. The molecule has 0 aromatic heterocycles. The minimum absolute atomic E-state index is 0.0814. The summed E-state index contributed by atoms with van der Waals surface area (Å²) in [5.41, 5.74) is 4.91. The van der Waals surface area contributed by atoms with Gasteiger partial charge in [-0.2, -0.15) is 0 Å². The number of halogens is 2. The highest BCUT2D eigenvalue weighted by molar-refractivity contribution is 6.00. The molecule has 0 saturated heterocycles. The summed E-state index contributed by atoms with van der Waals surface area (Å²) in [4.78, 5) is 11.4. The lowest BCUT2D eigenvalue weighted by atomic mass is 10.0. The van der Waals surface area contributed by atoms with Gasteiger partial charge in [0.25, 0.3) is 0 Å².